The van der Waals surface area contributed by atoms with Gasteiger partial charge in [0.2, 0.25) is 5.91 Å². The van der Waals surface area contributed by atoms with E-state index in [9.17, 15) is 4.79 Å². The number of amides is 1. The predicted molar refractivity (Wildman–Crippen MR) is 85.1 cm³/mol. The Hall–Kier alpha value is -0.650. The zero-order chi connectivity index (χ0) is 15.7. The Morgan fingerprint density at radius 3 is 2.57 bits per heavy atom. The van der Waals surface area contributed by atoms with Crippen LogP contribution >= 0.6 is 0 Å². The monoisotopic (exact) mass is 323 g/mol. The van der Waals surface area contributed by atoms with Gasteiger partial charge in [-0.25, -0.2) is 0 Å². The lowest BCUT2D eigenvalue weighted by Gasteiger charge is -2.53. The van der Waals surface area contributed by atoms with E-state index in [2.05, 4.69) is 0 Å². The first-order valence-corrected chi connectivity index (χ1v) is 9.33. The summed E-state index contributed by atoms with van der Waals surface area (Å²) >= 11 is 0. The summed E-state index contributed by atoms with van der Waals surface area (Å²) in [5, 5.41) is 0. The zero-order valence-corrected chi connectivity index (χ0v) is 14.0. The highest BCUT2D eigenvalue weighted by molar-refractivity contribution is 5.78. The fourth-order valence-electron chi connectivity index (χ4n) is 4.05. The Balaban J connectivity index is 1.21. The van der Waals surface area contributed by atoms with Crippen molar-refractivity contribution in [1.82, 2.24) is 4.90 Å². The molecule has 3 aliphatic heterocycles. The van der Waals surface area contributed by atoms with Gasteiger partial charge in [0.15, 0.2) is 0 Å². The molecular weight excluding hydrogens is 294 g/mol. The lowest BCUT2D eigenvalue weighted by molar-refractivity contribution is -0.203. The molecule has 4 fully saturated rings. The van der Waals surface area contributed by atoms with Crippen molar-refractivity contribution in [3.63, 3.8) is 0 Å². The first kappa shape index (κ1) is 15.9. The number of carbonyl (C=O) groups is 1. The van der Waals surface area contributed by atoms with Gasteiger partial charge in [0, 0.05) is 39.3 Å². The van der Waals surface area contributed by atoms with Crippen LogP contribution in [0.25, 0.3) is 0 Å². The van der Waals surface area contributed by atoms with Crippen LogP contribution in [0.4, 0.5) is 0 Å². The highest BCUT2D eigenvalue weighted by atomic mass is 16.5. The second kappa shape index (κ2) is 6.69. The third-order valence-electron chi connectivity index (χ3n) is 5.83. The molecular formula is C18H29NO4. The molecule has 0 aromatic heterocycles. The Labute approximate surface area is 138 Å². The summed E-state index contributed by atoms with van der Waals surface area (Å²) in [6.07, 6.45) is 7.71. The van der Waals surface area contributed by atoms with E-state index in [1.54, 1.807) is 0 Å². The second-order valence-electron chi connectivity index (χ2n) is 7.93. The predicted octanol–water partition coefficient (Wildman–Crippen LogP) is 1.99. The molecule has 1 saturated carbocycles. The van der Waals surface area contributed by atoms with E-state index in [0.717, 1.165) is 71.6 Å². The van der Waals surface area contributed by atoms with Crippen LogP contribution in [0.3, 0.4) is 0 Å². The molecule has 1 atom stereocenters. The number of hydrogen-bond acceptors (Lipinski definition) is 4. The maximum Gasteiger partial charge on any atom is 0.223 e. The summed E-state index contributed by atoms with van der Waals surface area (Å²) in [7, 11) is 0. The van der Waals surface area contributed by atoms with Crippen molar-refractivity contribution in [1.29, 1.82) is 0 Å². The maximum absolute atomic E-state index is 12.1. The Morgan fingerprint density at radius 1 is 1.04 bits per heavy atom. The molecule has 0 aromatic carbocycles. The van der Waals surface area contributed by atoms with Crippen molar-refractivity contribution in [2.24, 2.45) is 11.8 Å². The number of hydrogen-bond donors (Lipinski definition) is 0. The van der Waals surface area contributed by atoms with Crippen molar-refractivity contribution < 1.29 is 19.0 Å². The van der Waals surface area contributed by atoms with E-state index in [0.29, 0.717) is 23.8 Å². The molecule has 3 heterocycles. The molecule has 23 heavy (non-hydrogen) atoms. The normalized spacial score (nSPS) is 31.1. The van der Waals surface area contributed by atoms with Crippen LogP contribution in [0.5, 0.6) is 0 Å². The Bertz CT molecular complexity index is 425. The van der Waals surface area contributed by atoms with E-state index in [-0.39, 0.29) is 5.60 Å². The van der Waals surface area contributed by atoms with Gasteiger partial charge in [0.05, 0.1) is 19.2 Å². The van der Waals surface area contributed by atoms with Crippen LogP contribution in [0.2, 0.25) is 0 Å². The molecule has 4 aliphatic rings. The molecule has 1 amide bonds. The first-order valence-electron chi connectivity index (χ1n) is 9.33. The highest BCUT2D eigenvalue weighted by Crippen LogP contribution is 2.38. The smallest absolute Gasteiger partial charge is 0.223 e. The van der Waals surface area contributed by atoms with Crippen molar-refractivity contribution in [2.75, 3.05) is 39.5 Å². The molecule has 0 radical (unpaired) electrons. The average Bonchev–Trinajstić information content (AvgIpc) is 3.36. The van der Waals surface area contributed by atoms with Gasteiger partial charge in [-0.3, -0.25) is 4.79 Å². The molecule has 5 heteroatoms. The Kier molecular flexibility index (Phi) is 4.61. The lowest BCUT2D eigenvalue weighted by atomic mass is 9.84. The van der Waals surface area contributed by atoms with Crippen molar-refractivity contribution in [3.05, 3.63) is 0 Å². The molecule has 4 rings (SSSR count). The van der Waals surface area contributed by atoms with Gasteiger partial charge in [-0.15, -0.1) is 0 Å². The van der Waals surface area contributed by atoms with Gasteiger partial charge in [0.1, 0.15) is 5.60 Å². The molecule has 3 saturated heterocycles. The van der Waals surface area contributed by atoms with Crippen LogP contribution in [0.15, 0.2) is 0 Å². The minimum Gasteiger partial charge on any atom is -0.381 e. The van der Waals surface area contributed by atoms with Gasteiger partial charge in [-0.2, -0.15) is 0 Å². The molecule has 130 valence electrons. The summed E-state index contributed by atoms with van der Waals surface area (Å²) in [5.41, 5.74) is -0.113. The van der Waals surface area contributed by atoms with Gasteiger partial charge in [-0.1, -0.05) is 0 Å². The molecule has 0 aromatic rings. The third-order valence-corrected chi connectivity index (χ3v) is 5.83. The van der Waals surface area contributed by atoms with E-state index in [4.69, 9.17) is 14.2 Å². The fraction of sp³-hybridized carbons (Fsp3) is 0.944. The summed E-state index contributed by atoms with van der Waals surface area (Å²) in [5.74, 6) is 1.65. The molecule has 1 spiro atoms. The Morgan fingerprint density at radius 2 is 1.83 bits per heavy atom. The van der Waals surface area contributed by atoms with Crippen molar-refractivity contribution in [2.45, 2.75) is 56.7 Å². The lowest BCUT2D eigenvalue weighted by Crippen LogP contribution is -2.67. The van der Waals surface area contributed by atoms with Gasteiger partial charge in [0.25, 0.3) is 0 Å². The second-order valence-corrected chi connectivity index (χ2v) is 7.93. The van der Waals surface area contributed by atoms with Crippen LogP contribution < -0.4 is 0 Å². The third kappa shape index (κ3) is 3.89. The van der Waals surface area contributed by atoms with Gasteiger partial charge >= 0.3 is 0 Å². The summed E-state index contributed by atoms with van der Waals surface area (Å²) in [4.78, 5) is 14.1. The fourth-order valence-corrected chi connectivity index (χ4v) is 4.05. The standard InChI is InChI=1S/C18H29NO4/c20-17(9-14-1-2-14)19-12-18(13-19)10-16(5-8-23-18)22-11-15-3-6-21-7-4-15/h14-16H,1-13H2/t16-/m0/s1. The highest BCUT2D eigenvalue weighted by Gasteiger charge is 2.49. The van der Waals surface area contributed by atoms with E-state index in [1.807, 2.05) is 4.90 Å². The van der Waals surface area contributed by atoms with Crippen LogP contribution in [0.1, 0.15) is 44.9 Å². The summed E-state index contributed by atoms with van der Waals surface area (Å²) in [6, 6.07) is 0. The number of nitrogens with zero attached hydrogens (tertiary/aromatic N) is 1. The zero-order valence-electron chi connectivity index (χ0n) is 14.0. The largest absolute Gasteiger partial charge is 0.381 e. The number of likely N-dealkylation sites (tertiary alicyclic amines) is 1. The van der Waals surface area contributed by atoms with Crippen LogP contribution in [-0.4, -0.2) is 62.0 Å². The SMILES string of the molecule is O=C(CC1CC1)N1CC2(C[C@@H](OCC3CCOCC3)CCO2)C1. The molecule has 0 bridgehead atoms. The number of ether oxygens (including phenoxy) is 3. The minimum atomic E-state index is -0.113. The average molecular weight is 323 g/mol. The minimum absolute atomic E-state index is 0.113. The molecule has 1 aliphatic carbocycles. The van der Waals surface area contributed by atoms with Crippen LogP contribution in [-0.2, 0) is 19.0 Å². The van der Waals surface area contributed by atoms with E-state index < -0.39 is 0 Å². The van der Waals surface area contributed by atoms with Gasteiger partial charge < -0.3 is 19.1 Å². The quantitative estimate of drug-likeness (QED) is 0.776. The molecule has 5 nitrogen and oxygen atoms in total. The van der Waals surface area contributed by atoms with Crippen molar-refractivity contribution >= 4 is 5.91 Å². The summed E-state index contributed by atoms with van der Waals surface area (Å²) < 4.78 is 17.6. The van der Waals surface area contributed by atoms with Crippen LogP contribution in [0, 0.1) is 11.8 Å². The van der Waals surface area contributed by atoms with E-state index in [1.165, 1.54) is 12.8 Å². The maximum atomic E-state index is 12.1. The van der Waals surface area contributed by atoms with Gasteiger partial charge in [-0.05, 0) is 43.9 Å². The van der Waals surface area contributed by atoms with E-state index >= 15 is 0 Å². The topological polar surface area (TPSA) is 48.0 Å². The number of carbonyl (C=O) groups excluding carboxylic acids is 1. The summed E-state index contributed by atoms with van der Waals surface area (Å²) in [6.45, 7) is 4.93. The molecule has 0 N–H and O–H groups in total. The molecule has 0 unspecified atom stereocenters. The number of rotatable bonds is 5. The first-order chi connectivity index (χ1) is 11.2. The van der Waals surface area contributed by atoms with Crippen molar-refractivity contribution in [3.8, 4) is 0 Å².